The lowest BCUT2D eigenvalue weighted by molar-refractivity contribution is -0.117. The van der Waals surface area contributed by atoms with E-state index in [0.29, 0.717) is 29.2 Å². The zero-order chi connectivity index (χ0) is 31.3. The van der Waals surface area contributed by atoms with E-state index in [1.54, 1.807) is 60.7 Å². The SMILES string of the molecule is N[C@H](C(=O)Nc1cncc(F)c1CC[C@H]1CNCCN1S(=O)(=O)c1ccccc1)[C@@H](c1ccc(Cl)cc1)c1cccc(F)c1. The summed E-state index contributed by atoms with van der Waals surface area (Å²) in [4.78, 5) is 17.7. The molecule has 0 bridgehead atoms. The maximum absolute atomic E-state index is 15.2. The number of hydrogen-bond acceptors (Lipinski definition) is 6. The Balaban J connectivity index is 1.37. The number of halogens is 3. The molecule has 12 heteroatoms. The Hall–Kier alpha value is -3.74. The summed E-state index contributed by atoms with van der Waals surface area (Å²) in [5.74, 6) is -2.49. The molecule has 0 unspecified atom stereocenters. The summed E-state index contributed by atoms with van der Waals surface area (Å²) in [5.41, 5.74) is 7.93. The number of amides is 1. The molecule has 44 heavy (non-hydrogen) atoms. The number of sulfonamides is 1. The van der Waals surface area contributed by atoms with Gasteiger partial charge in [-0.25, -0.2) is 17.2 Å². The van der Waals surface area contributed by atoms with Gasteiger partial charge >= 0.3 is 0 Å². The molecule has 4 N–H and O–H groups in total. The van der Waals surface area contributed by atoms with Gasteiger partial charge in [0.1, 0.15) is 11.6 Å². The minimum absolute atomic E-state index is 0.122. The van der Waals surface area contributed by atoms with Crippen molar-refractivity contribution in [3.63, 3.8) is 0 Å². The van der Waals surface area contributed by atoms with Gasteiger partial charge in [-0.3, -0.25) is 9.78 Å². The molecule has 5 rings (SSSR count). The first-order valence-electron chi connectivity index (χ1n) is 14.1. The van der Waals surface area contributed by atoms with Crippen LogP contribution in [0.1, 0.15) is 29.0 Å². The topological polar surface area (TPSA) is 117 Å². The number of pyridine rings is 1. The molecule has 3 aromatic carbocycles. The minimum atomic E-state index is -3.77. The third-order valence-corrected chi connectivity index (χ3v) is 9.95. The molecule has 0 radical (unpaired) electrons. The van der Waals surface area contributed by atoms with Crippen LogP contribution in [0.15, 0.2) is 96.2 Å². The summed E-state index contributed by atoms with van der Waals surface area (Å²) >= 11 is 6.07. The van der Waals surface area contributed by atoms with Crippen molar-refractivity contribution in [2.45, 2.75) is 35.7 Å². The average Bonchev–Trinajstić information content (AvgIpc) is 3.02. The zero-order valence-corrected chi connectivity index (χ0v) is 25.2. The number of hydrogen-bond donors (Lipinski definition) is 3. The Morgan fingerprint density at radius 2 is 1.80 bits per heavy atom. The first kappa shape index (κ1) is 31.7. The van der Waals surface area contributed by atoms with Gasteiger partial charge in [-0.1, -0.05) is 54.1 Å². The second-order valence-electron chi connectivity index (χ2n) is 10.6. The quantitative estimate of drug-likeness (QED) is 0.232. The number of nitrogens with two attached hydrogens (primary N) is 1. The molecule has 1 aliphatic heterocycles. The molecule has 2 heterocycles. The first-order chi connectivity index (χ1) is 21.1. The summed E-state index contributed by atoms with van der Waals surface area (Å²) in [5, 5.41) is 6.43. The van der Waals surface area contributed by atoms with Gasteiger partial charge in [0.2, 0.25) is 15.9 Å². The van der Waals surface area contributed by atoms with E-state index in [4.69, 9.17) is 17.3 Å². The van der Waals surface area contributed by atoms with Crippen LogP contribution in [0, 0.1) is 11.6 Å². The van der Waals surface area contributed by atoms with Crippen molar-refractivity contribution in [1.82, 2.24) is 14.6 Å². The lowest BCUT2D eigenvalue weighted by atomic mass is 9.85. The molecule has 3 atom stereocenters. The van der Waals surface area contributed by atoms with Crippen LogP contribution >= 0.6 is 11.6 Å². The van der Waals surface area contributed by atoms with Crippen LogP contribution in [0.5, 0.6) is 0 Å². The monoisotopic (exact) mass is 639 g/mol. The molecule has 1 aromatic heterocycles. The van der Waals surface area contributed by atoms with Crippen molar-refractivity contribution in [2.24, 2.45) is 5.73 Å². The molecule has 8 nitrogen and oxygen atoms in total. The van der Waals surface area contributed by atoms with E-state index in [1.165, 1.54) is 28.7 Å². The van der Waals surface area contributed by atoms with Crippen LogP contribution in [0.25, 0.3) is 0 Å². The smallest absolute Gasteiger partial charge is 0.243 e. The van der Waals surface area contributed by atoms with Crippen molar-refractivity contribution < 1.29 is 22.0 Å². The van der Waals surface area contributed by atoms with Crippen molar-refractivity contribution >= 4 is 33.2 Å². The molecule has 0 spiro atoms. The van der Waals surface area contributed by atoms with Crippen LogP contribution in [0.4, 0.5) is 14.5 Å². The van der Waals surface area contributed by atoms with E-state index in [9.17, 15) is 17.6 Å². The summed E-state index contributed by atoms with van der Waals surface area (Å²) in [7, 11) is -3.77. The number of nitrogens with zero attached hydrogens (tertiary/aromatic N) is 2. The number of carbonyl (C=O) groups is 1. The molecule has 4 aromatic rings. The van der Waals surface area contributed by atoms with E-state index < -0.39 is 45.6 Å². The fourth-order valence-electron chi connectivity index (χ4n) is 5.51. The molecule has 1 aliphatic rings. The molecular formula is C32H32ClF2N5O3S. The highest BCUT2D eigenvalue weighted by Crippen LogP contribution is 2.31. The van der Waals surface area contributed by atoms with Crippen molar-refractivity contribution in [3.8, 4) is 0 Å². The van der Waals surface area contributed by atoms with Gasteiger partial charge in [0.15, 0.2) is 0 Å². The van der Waals surface area contributed by atoms with Gasteiger partial charge in [-0.15, -0.1) is 0 Å². The number of carbonyl (C=O) groups excluding carboxylic acids is 1. The summed E-state index contributed by atoms with van der Waals surface area (Å²) in [6, 6.07) is 19.1. The van der Waals surface area contributed by atoms with Crippen molar-refractivity contribution in [2.75, 3.05) is 25.0 Å². The average molecular weight is 640 g/mol. The highest BCUT2D eigenvalue weighted by atomic mass is 35.5. The Labute approximate surface area is 260 Å². The first-order valence-corrected chi connectivity index (χ1v) is 15.9. The highest BCUT2D eigenvalue weighted by Gasteiger charge is 2.34. The van der Waals surface area contributed by atoms with Gasteiger partial charge in [-0.2, -0.15) is 4.31 Å². The van der Waals surface area contributed by atoms with Gasteiger partial charge in [0, 0.05) is 42.2 Å². The summed E-state index contributed by atoms with van der Waals surface area (Å²) in [6.45, 7) is 1.15. The standard InChI is InChI=1S/C32H32ClF2N5O3S/c33-23-11-9-21(10-12-23)30(22-5-4-6-24(34)17-22)31(36)32(41)39-29-20-38-19-28(35)27(29)14-13-25-18-37-15-16-40(25)44(42,43)26-7-2-1-3-8-26/h1-12,17,19-20,25,30-31,37H,13-16,18,36H2,(H,39,41)/t25-,30-,31-/m0/s1. The number of benzene rings is 3. The fourth-order valence-corrected chi connectivity index (χ4v) is 7.31. The van der Waals surface area contributed by atoms with E-state index in [2.05, 4.69) is 15.6 Å². The normalized spacial score (nSPS) is 17.1. The third-order valence-electron chi connectivity index (χ3n) is 7.74. The van der Waals surface area contributed by atoms with Crippen LogP contribution in [-0.2, 0) is 21.2 Å². The molecule has 230 valence electrons. The predicted molar refractivity (Wildman–Crippen MR) is 166 cm³/mol. The molecule has 1 fully saturated rings. The number of nitrogens with one attached hydrogen (secondary N) is 2. The van der Waals surface area contributed by atoms with Gasteiger partial charge in [0.05, 0.1) is 29.0 Å². The van der Waals surface area contributed by atoms with E-state index in [1.807, 2.05) is 0 Å². The number of piperazine rings is 1. The summed E-state index contributed by atoms with van der Waals surface area (Å²) < 4.78 is 57.6. The predicted octanol–water partition coefficient (Wildman–Crippen LogP) is 4.71. The maximum Gasteiger partial charge on any atom is 0.243 e. The van der Waals surface area contributed by atoms with Crippen LogP contribution < -0.4 is 16.4 Å². The second kappa shape index (κ2) is 13.9. The zero-order valence-electron chi connectivity index (χ0n) is 23.7. The van der Waals surface area contributed by atoms with Crippen molar-refractivity contribution in [1.29, 1.82) is 0 Å². The minimum Gasteiger partial charge on any atom is -0.323 e. The largest absolute Gasteiger partial charge is 0.323 e. The number of rotatable bonds is 10. The Morgan fingerprint density at radius 1 is 1.05 bits per heavy atom. The van der Waals surface area contributed by atoms with E-state index in [0.717, 1.165) is 6.20 Å². The van der Waals surface area contributed by atoms with Gasteiger partial charge in [0.25, 0.3) is 0 Å². The Bertz CT molecular complexity index is 1710. The van der Waals surface area contributed by atoms with E-state index in [-0.39, 0.29) is 35.5 Å². The molecule has 0 aliphatic carbocycles. The summed E-state index contributed by atoms with van der Waals surface area (Å²) in [6.07, 6.45) is 2.79. The number of aromatic nitrogens is 1. The fraction of sp³-hybridized carbons (Fsp3) is 0.250. The van der Waals surface area contributed by atoms with Crippen LogP contribution in [0.2, 0.25) is 5.02 Å². The van der Waals surface area contributed by atoms with E-state index >= 15 is 4.39 Å². The molecule has 0 saturated carbocycles. The van der Waals surface area contributed by atoms with Crippen molar-refractivity contribution in [3.05, 3.63) is 125 Å². The maximum atomic E-state index is 15.2. The lowest BCUT2D eigenvalue weighted by Crippen LogP contribution is -2.53. The highest BCUT2D eigenvalue weighted by molar-refractivity contribution is 7.89. The van der Waals surface area contributed by atoms with Gasteiger partial charge < -0.3 is 16.4 Å². The van der Waals surface area contributed by atoms with Crippen LogP contribution in [0.3, 0.4) is 0 Å². The van der Waals surface area contributed by atoms with Crippen LogP contribution in [-0.4, -0.2) is 55.3 Å². The third kappa shape index (κ3) is 7.14. The molecule has 1 amide bonds. The Kier molecular flexibility index (Phi) is 10.0. The molecular weight excluding hydrogens is 608 g/mol. The number of anilines is 1. The molecule has 1 saturated heterocycles. The second-order valence-corrected chi connectivity index (χ2v) is 12.9. The van der Waals surface area contributed by atoms with Gasteiger partial charge in [-0.05, 0) is 60.4 Å². The lowest BCUT2D eigenvalue weighted by Gasteiger charge is -2.35. The Morgan fingerprint density at radius 3 is 2.52 bits per heavy atom.